The third-order valence-electron chi connectivity index (χ3n) is 2.27. The Morgan fingerprint density at radius 1 is 1.64 bits per heavy atom. The molecule has 1 aromatic rings. The Labute approximate surface area is 83.4 Å². The standard InChI is InChI=1S/C10H15N3O/c1-2-6-14-10(3-1)8-11-7-9-4-5-12-13-9/h2,4-6,10-11H,1,3,7-8H2,(H,12,13). The van der Waals surface area contributed by atoms with E-state index in [-0.39, 0.29) is 0 Å². The maximum Gasteiger partial charge on any atom is 0.110 e. The fourth-order valence-electron chi connectivity index (χ4n) is 1.49. The highest BCUT2D eigenvalue weighted by Gasteiger charge is 2.09. The number of hydrogen-bond donors (Lipinski definition) is 2. The van der Waals surface area contributed by atoms with Crippen LogP contribution in [0.4, 0.5) is 0 Å². The van der Waals surface area contributed by atoms with Crippen LogP contribution in [-0.2, 0) is 11.3 Å². The number of ether oxygens (including phenoxy) is 1. The van der Waals surface area contributed by atoms with Crippen molar-refractivity contribution in [1.29, 1.82) is 0 Å². The number of allylic oxidation sites excluding steroid dienone is 1. The molecule has 0 saturated heterocycles. The van der Waals surface area contributed by atoms with Crippen LogP contribution in [0.25, 0.3) is 0 Å². The number of aromatic nitrogens is 2. The Balaban J connectivity index is 1.65. The monoisotopic (exact) mass is 193 g/mol. The summed E-state index contributed by atoms with van der Waals surface area (Å²) in [5.41, 5.74) is 1.11. The molecule has 0 aliphatic carbocycles. The predicted molar refractivity (Wildman–Crippen MR) is 53.5 cm³/mol. The van der Waals surface area contributed by atoms with Gasteiger partial charge in [-0.25, -0.2) is 0 Å². The van der Waals surface area contributed by atoms with Crippen molar-refractivity contribution in [3.05, 3.63) is 30.3 Å². The van der Waals surface area contributed by atoms with Crippen molar-refractivity contribution in [2.24, 2.45) is 0 Å². The van der Waals surface area contributed by atoms with Crippen molar-refractivity contribution in [1.82, 2.24) is 15.5 Å². The van der Waals surface area contributed by atoms with Gasteiger partial charge in [0.25, 0.3) is 0 Å². The molecule has 0 amide bonds. The second-order valence-electron chi connectivity index (χ2n) is 3.42. The van der Waals surface area contributed by atoms with Gasteiger partial charge in [-0.2, -0.15) is 5.10 Å². The zero-order chi connectivity index (χ0) is 9.64. The Kier molecular flexibility index (Phi) is 3.19. The van der Waals surface area contributed by atoms with E-state index >= 15 is 0 Å². The topological polar surface area (TPSA) is 49.9 Å². The van der Waals surface area contributed by atoms with Crippen molar-refractivity contribution < 1.29 is 4.74 Å². The predicted octanol–water partition coefficient (Wildman–Crippen LogP) is 1.19. The van der Waals surface area contributed by atoms with Crippen LogP contribution in [-0.4, -0.2) is 22.8 Å². The van der Waals surface area contributed by atoms with E-state index in [4.69, 9.17) is 4.74 Å². The summed E-state index contributed by atoms with van der Waals surface area (Å²) in [6, 6.07) is 1.97. The highest BCUT2D eigenvalue weighted by molar-refractivity contribution is 4.96. The molecule has 76 valence electrons. The molecule has 4 heteroatoms. The van der Waals surface area contributed by atoms with Gasteiger partial charge in [0, 0.05) is 25.0 Å². The molecule has 2 heterocycles. The first-order chi connectivity index (χ1) is 6.95. The van der Waals surface area contributed by atoms with Crippen LogP contribution in [0.5, 0.6) is 0 Å². The maximum absolute atomic E-state index is 5.43. The van der Waals surface area contributed by atoms with Crippen LogP contribution in [0.1, 0.15) is 18.5 Å². The summed E-state index contributed by atoms with van der Waals surface area (Å²) in [4.78, 5) is 0. The molecular formula is C10H15N3O. The van der Waals surface area contributed by atoms with E-state index in [1.807, 2.05) is 6.07 Å². The number of nitrogens with zero attached hydrogens (tertiary/aromatic N) is 1. The molecule has 0 saturated carbocycles. The van der Waals surface area contributed by atoms with E-state index in [9.17, 15) is 0 Å². The van der Waals surface area contributed by atoms with Crippen LogP contribution in [0, 0.1) is 0 Å². The minimum absolute atomic E-state index is 0.322. The second-order valence-corrected chi connectivity index (χ2v) is 3.42. The van der Waals surface area contributed by atoms with E-state index in [2.05, 4.69) is 21.6 Å². The van der Waals surface area contributed by atoms with Crippen LogP contribution in [0.3, 0.4) is 0 Å². The smallest absolute Gasteiger partial charge is 0.110 e. The number of hydrogen-bond acceptors (Lipinski definition) is 3. The van der Waals surface area contributed by atoms with E-state index in [0.29, 0.717) is 6.10 Å². The van der Waals surface area contributed by atoms with Crippen molar-refractivity contribution >= 4 is 0 Å². The Morgan fingerprint density at radius 3 is 3.36 bits per heavy atom. The van der Waals surface area contributed by atoms with Crippen LogP contribution < -0.4 is 5.32 Å². The average Bonchev–Trinajstić information content (AvgIpc) is 2.72. The van der Waals surface area contributed by atoms with Crippen molar-refractivity contribution in [2.45, 2.75) is 25.5 Å². The fourth-order valence-corrected chi connectivity index (χ4v) is 1.49. The highest BCUT2D eigenvalue weighted by Crippen LogP contribution is 2.08. The number of nitrogens with one attached hydrogen (secondary N) is 2. The first kappa shape index (κ1) is 9.27. The summed E-state index contributed by atoms with van der Waals surface area (Å²) in [7, 11) is 0. The lowest BCUT2D eigenvalue weighted by molar-refractivity contribution is 0.122. The van der Waals surface area contributed by atoms with Gasteiger partial charge < -0.3 is 10.1 Å². The molecule has 0 fully saturated rings. The van der Waals surface area contributed by atoms with E-state index in [1.165, 1.54) is 0 Å². The van der Waals surface area contributed by atoms with E-state index in [0.717, 1.165) is 31.6 Å². The molecule has 1 aliphatic rings. The summed E-state index contributed by atoms with van der Waals surface area (Å²) < 4.78 is 5.43. The molecule has 4 nitrogen and oxygen atoms in total. The van der Waals surface area contributed by atoms with Gasteiger partial charge in [-0.15, -0.1) is 0 Å². The fraction of sp³-hybridized carbons (Fsp3) is 0.500. The average molecular weight is 193 g/mol. The Morgan fingerprint density at radius 2 is 2.64 bits per heavy atom. The number of aromatic amines is 1. The van der Waals surface area contributed by atoms with Gasteiger partial charge in [0.05, 0.1) is 6.26 Å². The van der Waals surface area contributed by atoms with E-state index < -0.39 is 0 Å². The largest absolute Gasteiger partial charge is 0.497 e. The Hall–Kier alpha value is -1.29. The summed E-state index contributed by atoms with van der Waals surface area (Å²) in [6.07, 6.45) is 8.17. The molecule has 2 N–H and O–H groups in total. The summed E-state index contributed by atoms with van der Waals surface area (Å²) in [5.74, 6) is 0. The van der Waals surface area contributed by atoms with Gasteiger partial charge in [0.1, 0.15) is 6.10 Å². The van der Waals surface area contributed by atoms with Gasteiger partial charge in [0.2, 0.25) is 0 Å². The lowest BCUT2D eigenvalue weighted by atomic mass is 10.1. The molecule has 2 rings (SSSR count). The molecule has 0 radical (unpaired) electrons. The third kappa shape index (κ3) is 2.60. The van der Waals surface area contributed by atoms with Crippen molar-refractivity contribution in [3.8, 4) is 0 Å². The molecule has 1 unspecified atom stereocenters. The summed E-state index contributed by atoms with van der Waals surface area (Å²) in [5, 5.41) is 10.1. The zero-order valence-corrected chi connectivity index (χ0v) is 8.07. The number of H-pyrrole nitrogens is 1. The first-order valence-electron chi connectivity index (χ1n) is 4.94. The zero-order valence-electron chi connectivity index (χ0n) is 8.07. The molecule has 1 aliphatic heterocycles. The lowest BCUT2D eigenvalue weighted by Crippen LogP contribution is -2.28. The second kappa shape index (κ2) is 4.81. The Bertz CT molecular complexity index is 282. The van der Waals surface area contributed by atoms with Crippen molar-refractivity contribution in [3.63, 3.8) is 0 Å². The quantitative estimate of drug-likeness (QED) is 0.755. The van der Waals surface area contributed by atoms with Crippen LogP contribution in [0.2, 0.25) is 0 Å². The van der Waals surface area contributed by atoms with Gasteiger partial charge in [-0.05, 0) is 25.0 Å². The molecule has 1 atom stereocenters. The lowest BCUT2D eigenvalue weighted by Gasteiger charge is -2.19. The van der Waals surface area contributed by atoms with Gasteiger partial charge >= 0.3 is 0 Å². The van der Waals surface area contributed by atoms with Gasteiger partial charge in [0.15, 0.2) is 0 Å². The first-order valence-corrected chi connectivity index (χ1v) is 4.94. The van der Waals surface area contributed by atoms with Gasteiger partial charge in [-0.3, -0.25) is 5.10 Å². The normalized spacial score (nSPS) is 20.7. The third-order valence-corrected chi connectivity index (χ3v) is 2.27. The minimum atomic E-state index is 0.322. The highest BCUT2D eigenvalue weighted by atomic mass is 16.5. The summed E-state index contributed by atoms with van der Waals surface area (Å²) >= 11 is 0. The molecule has 0 spiro atoms. The SMILES string of the molecule is C1=COC(CNCc2ccn[nH]2)CC1. The number of rotatable bonds is 4. The van der Waals surface area contributed by atoms with Crippen LogP contribution >= 0.6 is 0 Å². The maximum atomic E-state index is 5.43. The molecule has 0 aromatic carbocycles. The van der Waals surface area contributed by atoms with E-state index in [1.54, 1.807) is 12.5 Å². The van der Waals surface area contributed by atoms with Crippen molar-refractivity contribution in [2.75, 3.05) is 6.54 Å². The summed E-state index contributed by atoms with van der Waals surface area (Å²) in [6.45, 7) is 1.72. The minimum Gasteiger partial charge on any atom is -0.497 e. The molecule has 0 bridgehead atoms. The van der Waals surface area contributed by atoms with Gasteiger partial charge in [-0.1, -0.05) is 0 Å². The molecule has 14 heavy (non-hydrogen) atoms. The van der Waals surface area contributed by atoms with Crippen LogP contribution in [0.15, 0.2) is 24.6 Å². The molecule has 1 aromatic heterocycles. The molecular weight excluding hydrogens is 178 g/mol.